The number of hydrogen-bond donors (Lipinski definition) is 1. The Kier molecular flexibility index (Phi) is 7.01. The lowest BCUT2D eigenvalue weighted by Gasteiger charge is -2.34. The van der Waals surface area contributed by atoms with Crippen LogP contribution in [-0.2, 0) is 14.3 Å². The van der Waals surface area contributed by atoms with E-state index < -0.39 is 5.97 Å². The van der Waals surface area contributed by atoms with E-state index in [1.54, 1.807) is 39.4 Å². The number of rotatable bonds is 7. The van der Waals surface area contributed by atoms with Gasteiger partial charge in [-0.25, -0.2) is 0 Å². The Balaban J connectivity index is 1.32. The van der Waals surface area contributed by atoms with Crippen LogP contribution < -0.4 is 5.32 Å². The third-order valence-electron chi connectivity index (χ3n) is 4.37. The van der Waals surface area contributed by atoms with Gasteiger partial charge in [0.25, 0.3) is 17.7 Å². The van der Waals surface area contributed by atoms with Gasteiger partial charge in [0.15, 0.2) is 12.4 Å². The number of amides is 3. The maximum atomic E-state index is 12.2. The van der Waals surface area contributed by atoms with Gasteiger partial charge in [-0.15, -0.1) is 11.3 Å². The van der Waals surface area contributed by atoms with Crippen LogP contribution in [-0.4, -0.2) is 72.8 Å². The second-order valence-corrected chi connectivity index (χ2v) is 7.24. The highest BCUT2D eigenvalue weighted by Gasteiger charge is 2.26. The number of esters is 1. The highest BCUT2D eigenvalue weighted by molar-refractivity contribution is 7.12. The summed E-state index contributed by atoms with van der Waals surface area (Å²) < 4.78 is 10.1. The molecule has 0 bridgehead atoms. The predicted molar refractivity (Wildman–Crippen MR) is 103 cm³/mol. The van der Waals surface area contributed by atoms with Crippen LogP contribution in [0.15, 0.2) is 40.3 Å². The zero-order chi connectivity index (χ0) is 20.6. The number of thiophene rings is 1. The molecule has 1 fully saturated rings. The Labute approximate surface area is 171 Å². The third-order valence-corrected chi connectivity index (χ3v) is 5.24. The fourth-order valence-electron chi connectivity index (χ4n) is 2.79. The average molecular weight is 419 g/mol. The molecule has 0 aromatic carbocycles. The zero-order valence-electron chi connectivity index (χ0n) is 15.7. The Morgan fingerprint density at radius 1 is 1.07 bits per heavy atom. The van der Waals surface area contributed by atoms with E-state index in [0.29, 0.717) is 31.1 Å². The van der Waals surface area contributed by atoms with Crippen LogP contribution in [0.2, 0.25) is 0 Å². The van der Waals surface area contributed by atoms with Gasteiger partial charge in [-0.2, -0.15) is 0 Å². The molecule has 2 aromatic rings. The van der Waals surface area contributed by atoms with Crippen LogP contribution in [0.4, 0.5) is 0 Å². The van der Waals surface area contributed by atoms with Gasteiger partial charge in [-0.05, 0) is 23.6 Å². The summed E-state index contributed by atoms with van der Waals surface area (Å²) in [6, 6.07) is 6.71. The molecule has 1 aliphatic rings. The van der Waals surface area contributed by atoms with E-state index in [4.69, 9.17) is 9.15 Å². The van der Waals surface area contributed by atoms with Crippen molar-refractivity contribution in [1.82, 2.24) is 15.1 Å². The second kappa shape index (κ2) is 9.87. The van der Waals surface area contributed by atoms with Gasteiger partial charge in [0.1, 0.15) is 0 Å². The SMILES string of the molecule is O=C(CCNC(=O)c1cccs1)OCC(=O)N1CCN(C(=O)c2ccco2)CC1. The number of furan rings is 1. The lowest BCUT2D eigenvalue weighted by Crippen LogP contribution is -2.51. The Hall–Kier alpha value is -3.14. The van der Waals surface area contributed by atoms with E-state index >= 15 is 0 Å². The molecule has 1 aliphatic heterocycles. The second-order valence-electron chi connectivity index (χ2n) is 6.29. The van der Waals surface area contributed by atoms with Crippen LogP contribution >= 0.6 is 11.3 Å². The van der Waals surface area contributed by atoms with Crippen molar-refractivity contribution in [3.05, 3.63) is 46.5 Å². The van der Waals surface area contributed by atoms with Crippen molar-refractivity contribution in [1.29, 1.82) is 0 Å². The van der Waals surface area contributed by atoms with E-state index in [9.17, 15) is 19.2 Å². The van der Waals surface area contributed by atoms with Gasteiger partial charge in [-0.3, -0.25) is 19.2 Å². The molecule has 0 unspecified atom stereocenters. The minimum atomic E-state index is -0.559. The van der Waals surface area contributed by atoms with E-state index in [1.807, 2.05) is 0 Å². The van der Waals surface area contributed by atoms with Crippen molar-refractivity contribution in [3.63, 3.8) is 0 Å². The highest BCUT2D eigenvalue weighted by Crippen LogP contribution is 2.10. The Morgan fingerprint density at radius 2 is 1.83 bits per heavy atom. The molecule has 0 atom stereocenters. The van der Waals surface area contributed by atoms with Gasteiger partial charge in [0, 0.05) is 32.7 Å². The average Bonchev–Trinajstić information content (AvgIpc) is 3.46. The van der Waals surface area contributed by atoms with Crippen LogP contribution in [0.5, 0.6) is 0 Å². The molecule has 0 aliphatic carbocycles. The first-order valence-corrected chi connectivity index (χ1v) is 10.0. The molecular weight excluding hydrogens is 398 g/mol. The molecule has 0 saturated carbocycles. The van der Waals surface area contributed by atoms with Gasteiger partial charge < -0.3 is 24.3 Å². The first-order valence-electron chi connectivity index (χ1n) is 9.12. The molecule has 3 heterocycles. The van der Waals surface area contributed by atoms with Gasteiger partial charge >= 0.3 is 5.97 Å². The Morgan fingerprint density at radius 3 is 2.48 bits per heavy atom. The maximum absolute atomic E-state index is 12.2. The zero-order valence-corrected chi connectivity index (χ0v) is 16.5. The third kappa shape index (κ3) is 5.67. The van der Waals surface area contributed by atoms with E-state index in [2.05, 4.69) is 5.32 Å². The van der Waals surface area contributed by atoms with Crippen LogP contribution in [0.25, 0.3) is 0 Å². The number of carbonyl (C=O) groups is 4. The number of piperazine rings is 1. The summed E-state index contributed by atoms with van der Waals surface area (Å²) in [5, 5.41) is 4.42. The van der Waals surface area contributed by atoms with Crippen molar-refractivity contribution in [3.8, 4) is 0 Å². The molecule has 3 amide bonds. The quantitative estimate of drug-likeness (QED) is 0.671. The van der Waals surface area contributed by atoms with E-state index in [0.717, 1.165) is 0 Å². The van der Waals surface area contributed by atoms with Gasteiger partial charge in [-0.1, -0.05) is 6.07 Å². The lowest BCUT2D eigenvalue weighted by atomic mass is 10.3. The fourth-order valence-corrected chi connectivity index (χ4v) is 3.43. The summed E-state index contributed by atoms with van der Waals surface area (Å²) in [5.41, 5.74) is 0. The minimum Gasteiger partial charge on any atom is -0.459 e. The van der Waals surface area contributed by atoms with Crippen LogP contribution in [0.1, 0.15) is 26.6 Å². The molecule has 29 heavy (non-hydrogen) atoms. The summed E-state index contributed by atoms with van der Waals surface area (Å²) in [5.74, 6) is -1.06. The summed E-state index contributed by atoms with van der Waals surface area (Å²) in [7, 11) is 0. The van der Waals surface area contributed by atoms with Crippen molar-refractivity contribution in [2.75, 3.05) is 39.3 Å². The molecule has 1 N–H and O–H groups in total. The smallest absolute Gasteiger partial charge is 0.308 e. The minimum absolute atomic E-state index is 0.0180. The van der Waals surface area contributed by atoms with Crippen molar-refractivity contribution < 1.29 is 28.3 Å². The molecule has 0 spiro atoms. The fraction of sp³-hybridized carbons (Fsp3) is 0.368. The monoisotopic (exact) mass is 419 g/mol. The molecule has 154 valence electrons. The summed E-state index contributed by atoms with van der Waals surface area (Å²) in [6.45, 7) is 1.27. The Bertz CT molecular complexity index is 841. The first kappa shape index (κ1) is 20.6. The summed E-state index contributed by atoms with van der Waals surface area (Å²) >= 11 is 1.31. The predicted octanol–water partition coefficient (Wildman–Crippen LogP) is 0.989. The van der Waals surface area contributed by atoms with Crippen molar-refractivity contribution >= 4 is 35.0 Å². The largest absolute Gasteiger partial charge is 0.459 e. The van der Waals surface area contributed by atoms with Crippen LogP contribution in [0.3, 0.4) is 0 Å². The number of ether oxygens (including phenoxy) is 1. The number of hydrogen-bond acceptors (Lipinski definition) is 7. The normalized spacial score (nSPS) is 13.8. The highest BCUT2D eigenvalue weighted by atomic mass is 32.1. The molecule has 3 rings (SSSR count). The van der Waals surface area contributed by atoms with Crippen molar-refractivity contribution in [2.45, 2.75) is 6.42 Å². The molecular formula is C19H21N3O6S. The van der Waals surface area contributed by atoms with E-state index in [1.165, 1.54) is 17.6 Å². The molecule has 2 aromatic heterocycles. The van der Waals surface area contributed by atoms with Gasteiger partial charge in [0.2, 0.25) is 0 Å². The first-order chi connectivity index (χ1) is 14.0. The summed E-state index contributed by atoms with van der Waals surface area (Å²) in [6.07, 6.45) is 1.42. The summed E-state index contributed by atoms with van der Waals surface area (Å²) in [4.78, 5) is 51.7. The molecule has 0 radical (unpaired) electrons. The van der Waals surface area contributed by atoms with E-state index in [-0.39, 0.29) is 43.1 Å². The molecule has 1 saturated heterocycles. The lowest BCUT2D eigenvalue weighted by molar-refractivity contribution is -0.152. The van der Waals surface area contributed by atoms with Gasteiger partial charge in [0.05, 0.1) is 17.6 Å². The standard InChI is InChI=1S/C19H21N3O6S/c23-16(13-28-17(24)5-6-20-18(25)15-4-2-12-29-15)21-7-9-22(10-8-21)19(26)14-3-1-11-27-14/h1-4,11-12H,5-10,13H2,(H,20,25). The molecule has 10 heteroatoms. The van der Waals surface area contributed by atoms with Crippen LogP contribution in [0, 0.1) is 0 Å². The number of nitrogens with one attached hydrogen (secondary N) is 1. The topological polar surface area (TPSA) is 109 Å². The maximum Gasteiger partial charge on any atom is 0.308 e. The number of nitrogens with zero attached hydrogens (tertiary/aromatic N) is 2. The van der Waals surface area contributed by atoms with Crippen molar-refractivity contribution in [2.24, 2.45) is 0 Å². The molecule has 9 nitrogen and oxygen atoms in total. The number of carbonyl (C=O) groups excluding carboxylic acids is 4.